The zero-order chi connectivity index (χ0) is 15.0. The first-order valence-corrected chi connectivity index (χ1v) is 6.18. The van der Waals surface area contributed by atoms with Crippen LogP contribution in [0.2, 0.25) is 0 Å². The van der Waals surface area contributed by atoms with E-state index >= 15 is 0 Å². The van der Waals surface area contributed by atoms with Crippen molar-refractivity contribution >= 4 is 11.9 Å². The number of amides is 1. The molecule has 1 amide bonds. The van der Waals surface area contributed by atoms with Crippen LogP contribution in [-0.2, 0) is 20.9 Å². The van der Waals surface area contributed by atoms with Crippen molar-refractivity contribution in [3.63, 3.8) is 0 Å². The van der Waals surface area contributed by atoms with Crippen molar-refractivity contribution in [2.75, 3.05) is 20.8 Å². The van der Waals surface area contributed by atoms with Gasteiger partial charge in [0.25, 0.3) is 5.91 Å². The van der Waals surface area contributed by atoms with Gasteiger partial charge in [-0.1, -0.05) is 18.2 Å². The Kier molecular flexibility index (Phi) is 6.69. The second-order valence-corrected chi connectivity index (χ2v) is 4.26. The van der Waals surface area contributed by atoms with Gasteiger partial charge in [-0.2, -0.15) is 0 Å². The number of rotatable bonds is 8. The van der Waals surface area contributed by atoms with Crippen LogP contribution in [0.4, 0.5) is 0 Å². The average Bonchev–Trinajstić information content (AvgIpc) is 2.43. The maximum absolute atomic E-state index is 12.1. The predicted octanol–water partition coefficient (Wildman–Crippen LogP) is 1.05. The van der Waals surface area contributed by atoms with Crippen LogP contribution in [0.25, 0.3) is 0 Å². The number of carbonyl (C=O) groups excluding carboxylic acids is 1. The molecule has 6 heteroatoms. The zero-order valence-electron chi connectivity index (χ0n) is 11.6. The molecule has 0 heterocycles. The zero-order valence-corrected chi connectivity index (χ0v) is 11.6. The highest BCUT2D eigenvalue weighted by atomic mass is 16.5. The lowest BCUT2D eigenvalue weighted by atomic mass is 10.1. The summed E-state index contributed by atoms with van der Waals surface area (Å²) in [5, 5.41) is 11.4. The summed E-state index contributed by atoms with van der Waals surface area (Å²) < 4.78 is 10.0. The fraction of sp³-hybridized carbons (Fsp3) is 0.429. The minimum absolute atomic E-state index is 0.142. The lowest BCUT2D eigenvalue weighted by molar-refractivity contribution is -0.139. The van der Waals surface area contributed by atoms with E-state index in [0.29, 0.717) is 12.2 Å². The second kappa shape index (κ2) is 8.29. The van der Waals surface area contributed by atoms with Crippen molar-refractivity contribution in [3.05, 3.63) is 35.4 Å². The summed E-state index contributed by atoms with van der Waals surface area (Å²) >= 11 is 0. The standard InChI is InChI=1S/C14H19NO5/c1-19-9-10-5-3-4-6-12(10)14(18)15-8-11(20-2)7-13(16)17/h3-6,11H,7-9H2,1-2H3,(H,15,18)(H,16,17). The molecule has 0 saturated carbocycles. The van der Waals surface area contributed by atoms with Crippen LogP contribution < -0.4 is 5.32 Å². The van der Waals surface area contributed by atoms with Crippen molar-refractivity contribution in [2.24, 2.45) is 0 Å². The molecule has 0 bridgehead atoms. The van der Waals surface area contributed by atoms with Crippen molar-refractivity contribution in [2.45, 2.75) is 19.1 Å². The molecule has 6 nitrogen and oxygen atoms in total. The summed E-state index contributed by atoms with van der Waals surface area (Å²) in [5.41, 5.74) is 1.29. The number of ether oxygens (including phenoxy) is 2. The van der Waals surface area contributed by atoms with Gasteiger partial charge in [-0.15, -0.1) is 0 Å². The van der Waals surface area contributed by atoms with Gasteiger partial charge in [0.2, 0.25) is 0 Å². The van der Waals surface area contributed by atoms with Gasteiger partial charge in [-0.3, -0.25) is 9.59 Å². The molecule has 0 aliphatic rings. The minimum atomic E-state index is -0.967. The molecule has 1 unspecified atom stereocenters. The highest BCUT2D eigenvalue weighted by Crippen LogP contribution is 2.10. The van der Waals surface area contributed by atoms with E-state index in [0.717, 1.165) is 5.56 Å². The minimum Gasteiger partial charge on any atom is -0.481 e. The lowest BCUT2D eigenvalue weighted by Gasteiger charge is -2.15. The summed E-state index contributed by atoms with van der Waals surface area (Å²) in [5.74, 6) is -1.24. The third-order valence-electron chi connectivity index (χ3n) is 2.79. The molecular weight excluding hydrogens is 262 g/mol. The Morgan fingerprint density at radius 3 is 2.60 bits per heavy atom. The number of methoxy groups -OCH3 is 2. The van der Waals surface area contributed by atoms with Crippen molar-refractivity contribution in [1.29, 1.82) is 0 Å². The molecular formula is C14H19NO5. The number of carboxylic acids is 1. The molecule has 20 heavy (non-hydrogen) atoms. The quantitative estimate of drug-likeness (QED) is 0.744. The molecule has 1 aromatic carbocycles. The molecule has 0 aromatic heterocycles. The molecule has 1 atom stereocenters. The molecule has 0 spiro atoms. The Morgan fingerprint density at radius 2 is 2.00 bits per heavy atom. The molecule has 0 saturated heterocycles. The summed E-state index contributed by atoms with van der Waals surface area (Å²) in [6, 6.07) is 7.10. The van der Waals surface area contributed by atoms with Crippen LogP contribution in [0.5, 0.6) is 0 Å². The largest absolute Gasteiger partial charge is 0.481 e. The number of carbonyl (C=O) groups is 2. The Bertz CT molecular complexity index is 461. The summed E-state index contributed by atoms with van der Waals surface area (Å²) in [6.07, 6.45) is -0.706. The Labute approximate surface area is 117 Å². The number of hydrogen-bond donors (Lipinski definition) is 2. The van der Waals surface area contributed by atoms with Gasteiger partial charge >= 0.3 is 5.97 Å². The van der Waals surface area contributed by atoms with Crippen LogP contribution in [0.3, 0.4) is 0 Å². The van der Waals surface area contributed by atoms with Gasteiger partial charge in [0.15, 0.2) is 0 Å². The molecule has 110 valence electrons. The molecule has 0 aliphatic heterocycles. The molecule has 2 N–H and O–H groups in total. The third kappa shape index (κ3) is 4.99. The summed E-state index contributed by atoms with van der Waals surface area (Å²) in [7, 11) is 2.97. The Hall–Kier alpha value is -1.92. The van der Waals surface area contributed by atoms with E-state index in [1.165, 1.54) is 7.11 Å². The van der Waals surface area contributed by atoms with E-state index < -0.39 is 12.1 Å². The lowest BCUT2D eigenvalue weighted by Crippen LogP contribution is -2.34. The molecule has 0 radical (unpaired) electrons. The van der Waals surface area contributed by atoms with E-state index in [9.17, 15) is 9.59 Å². The maximum Gasteiger partial charge on any atom is 0.306 e. The van der Waals surface area contributed by atoms with Gasteiger partial charge < -0.3 is 19.9 Å². The first-order valence-electron chi connectivity index (χ1n) is 6.18. The van der Waals surface area contributed by atoms with Crippen molar-refractivity contribution in [3.8, 4) is 0 Å². The SMILES string of the molecule is COCc1ccccc1C(=O)NCC(CC(=O)O)OC. The number of benzene rings is 1. The summed E-state index contributed by atoms with van der Waals surface area (Å²) in [4.78, 5) is 22.7. The van der Waals surface area contributed by atoms with Crippen LogP contribution in [0.1, 0.15) is 22.3 Å². The number of carboxylic acid groups (broad SMARTS) is 1. The van der Waals surface area contributed by atoms with Crippen molar-refractivity contribution < 1.29 is 24.2 Å². The Balaban J connectivity index is 2.64. The maximum atomic E-state index is 12.1. The monoisotopic (exact) mass is 281 g/mol. The van der Waals surface area contributed by atoms with E-state index in [1.54, 1.807) is 19.2 Å². The molecule has 1 rings (SSSR count). The fourth-order valence-electron chi connectivity index (χ4n) is 1.76. The normalized spacial score (nSPS) is 11.9. The van der Waals surface area contributed by atoms with Gasteiger partial charge in [-0.25, -0.2) is 0 Å². The first-order chi connectivity index (χ1) is 9.58. The number of nitrogens with one attached hydrogen (secondary N) is 1. The van der Waals surface area contributed by atoms with Crippen LogP contribution in [-0.4, -0.2) is 43.9 Å². The van der Waals surface area contributed by atoms with Crippen LogP contribution in [0.15, 0.2) is 24.3 Å². The van der Waals surface area contributed by atoms with Gasteiger partial charge in [0.1, 0.15) is 0 Å². The highest BCUT2D eigenvalue weighted by Gasteiger charge is 2.15. The average molecular weight is 281 g/mol. The topological polar surface area (TPSA) is 84.9 Å². The molecule has 1 aromatic rings. The first kappa shape index (κ1) is 16.1. The van der Waals surface area contributed by atoms with Crippen LogP contribution in [0, 0.1) is 0 Å². The number of hydrogen-bond acceptors (Lipinski definition) is 4. The highest BCUT2D eigenvalue weighted by molar-refractivity contribution is 5.95. The predicted molar refractivity (Wildman–Crippen MR) is 72.5 cm³/mol. The smallest absolute Gasteiger partial charge is 0.306 e. The van der Waals surface area contributed by atoms with Crippen LogP contribution >= 0.6 is 0 Å². The van der Waals surface area contributed by atoms with Gasteiger partial charge in [0, 0.05) is 26.3 Å². The third-order valence-corrected chi connectivity index (χ3v) is 2.79. The van der Waals surface area contributed by atoms with E-state index in [-0.39, 0.29) is 18.9 Å². The molecule has 0 aliphatic carbocycles. The van der Waals surface area contributed by atoms with E-state index in [4.69, 9.17) is 14.6 Å². The summed E-state index contributed by atoms with van der Waals surface area (Å²) in [6.45, 7) is 0.482. The van der Waals surface area contributed by atoms with E-state index in [2.05, 4.69) is 5.32 Å². The second-order valence-electron chi connectivity index (χ2n) is 4.26. The van der Waals surface area contributed by atoms with Crippen molar-refractivity contribution in [1.82, 2.24) is 5.32 Å². The molecule has 0 fully saturated rings. The fourth-order valence-corrected chi connectivity index (χ4v) is 1.76. The van der Waals surface area contributed by atoms with Gasteiger partial charge in [-0.05, 0) is 11.6 Å². The number of aliphatic carboxylic acids is 1. The van der Waals surface area contributed by atoms with Gasteiger partial charge in [0.05, 0.1) is 19.1 Å². The van der Waals surface area contributed by atoms with E-state index in [1.807, 2.05) is 12.1 Å². The Morgan fingerprint density at radius 1 is 1.30 bits per heavy atom.